The normalized spacial score (nSPS) is 19.6. The highest BCUT2D eigenvalue weighted by Crippen LogP contribution is 2.34. The molecule has 0 bridgehead atoms. The fourth-order valence-electron chi connectivity index (χ4n) is 3.01. The summed E-state index contributed by atoms with van der Waals surface area (Å²) in [4.78, 5) is 11.5. The minimum atomic E-state index is 0.597. The predicted octanol–water partition coefficient (Wildman–Crippen LogP) is 4.92. The van der Waals surface area contributed by atoms with Crippen LogP contribution in [-0.2, 0) is 0 Å². The number of nitrogens with zero attached hydrogens (tertiary/aromatic N) is 3. The van der Waals surface area contributed by atoms with Crippen molar-refractivity contribution in [3.63, 3.8) is 0 Å². The maximum atomic E-state index is 4.58. The van der Waals surface area contributed by atoms with Crippen LogP contribution in [0.3, 0.4) is 0 Å². The van der Waals surface area contributed by atoms with Gasteiger partial charge in [0.2, 0.25) is 0 Å². The lowest BCUT2D eigenvalue weighted by Gasteiger charge is -2.36. The van der Waals surface area contributed by atoms with E-state index in [1.807, 2.05) is 6.07 Å². The van der Waals surface area contributed by atoms with Crippen molar-refractivity contribution >= 4 is 48.6 Å². The highest BCUT2D eigenvalue weighted by molar-refractivity contribution is 9.11. The molecule has 1 fully saturated rings. The predicted molar refractivity (Wildman–Crippen MR) is 90.2 cm³/mol. The van der Waals surface area contributed by atoms with Crippen LogP contribution >= 0.6 is 31.9 Å². The molecule has 1 aliphatic rings. The first-order valence-electron chi connectivity index (χ1n) is 7.07. The number of anilines is 1. The third-order valence-corrected chi connectivity index (χ3v) is 5.07. The molecular formula is C15H17Br2N3. The van der Waals surface area contributed by atoms with Crippen LogP contribution in [0.15, 0.2) is 27.4 Å². The van der Waals surface area contributed by atoms with E-state index in [2.05, 4.69) is 59.7 Å². The van der Waals surface area contributed by atoms with Crippen molar-refractivity contribution in [2.45, 2.75) is 38.6 Å². The molecule has 0 radical (unpaired) electrons. The third kappa shape index (κ3) is 2.58. The lowest BCUT2D eigenvalue weighted by molar-refractivity contribution is 0.448. The largest absolute Gasteiger partial charge is 0.353 e. The van der Waals surface area contributed by atoms with Crippen LogP contribution in [0.25, 0.3) is 10.9 Å². The first-order chi connectivity index (χ1) is 9.70. The van der Waals surface area contributed by atoms with Crippen LogP contribution in [0.2, 0.25) is 0 Å². The van der Waals surface area contributed by atoms with Gasteiger partial charge in [0.25, 0.3) is 0 Å². The molecule has 2 heterocycles. The molecule has 2 aromatic rings. The second-order valence-electron chi connectivity index (χ2n) is 5.23. The molecule has 0 saturated carbocycles. The summed E-state index contributed by atoms with van der Waals surface area (Å²) in [5, 5.41) is 1.12. The molecular weight excluding hydrogens is 382 g/mol. The van der Waals surface area contributed by atoms with E-state index < -0.39 is 0 Å². The van der Waals surface area contributed by atoms with Gasteiger partial charge in [0.1, 0.15) is 12.1 Å². The molecule has 1 aliphatic heterocycles. The summed E-state index contributed by atoms with van der Waals surface area (Å²) in [5.74, 6) is 1.07. The van der Waals surface area contributed by atoms with E-state index in [0.717, 1.165) is 32.2 Å². The molecule has 0 N–H and O–H groups in total. The van der Waals surface area contributed by atoms with E-state index >= 15 is 0 Å². The number of halogens is 2. The molecule has 3 rings (SSSR count). The number of hydrogen-bond acceptors (Lipinski definition) is 3. The molecule has 1 aromatic heterocycles. The van der Waals surface area contributed by atoms with E-state index in [0.29, 0.717) is 6.04 Å². The first kappa shape index (κ1) is 14.3. The number of hydrogen-bond donors (Lipinski definition) is 0. The van der Waals surface area contributed by atoms with Crippen molar-refractivity contribution in [1.82, 2.24) is 9.97 Å². The van der Waals surface area contributed by atoms with Gasteiger partial charge in [-0.1, -0.05) is 22.9 Å². The first-order valence-corrected chi connectivity index (χ1v) is 8.65. The Morgan fingerprint density at radius 1 is 1.25 bits per heavy atom. The summed E-state index contributed by atoms with van der Waals surface area (Å²) >= 11 is 7.17. The van der Waals surface area contributed by atoms with Gasteiger partial charge in [-0.05, 0) is 53.7 Å². The number of piperidine rings is 1. The minimum Gasteiger partial charge on any atom is -0.353 e. The van der Waals surface area contributed by atoms with Gasteiger partial charge in [-0.2, -0.15) is 0 Å². The van der Waals surface area contributed by atoms with Crippen molar-refractivity contribution in [2.75, 3.05) is 11.4 Å². The molecule has 5 heteroatoms. The lowest BCUT2D eigenvalue weighted by Crippen LogP contribution is -2.39. The van der Waals surface area contributed by atoms with Crippen molar-refractivity contribution < 1.29 is 0 Å². The summed E-state index contributed by atoms with van der Waals surface area (Å²) < 4.78 is 2.06. The van der Waals surface area contributed by atoms with E-state index in [4.69, 9.17) is 0 Å². The number of fused-ring (bicyclic) bond motifs is 1. The van der Waals surface area contributed by atoms with Crippen molar-refractivity contribution in [2.24, 2.45) is 0 Å². The second kappa shape index (κ2) is 5.98. The fraction of sp³-hybridized carbons (Fsp3) is 0.467. The maximum Gasteiger partial charge on any atom is 0.140 e. The van der Waals surface area contributed by atoms with E-state index in [9.17, 15) is 0 Å². The molecule has 0 spiro atoms. The Balaban J connectivity index is 2.15. The SMILES string of the molecule is CCC1CCCCN1c1ncnc2c(Br)cc(Br)cc12. The van der Waals surface area contributed by atoms with Crippen molar-refractivity contribution in [1.29, 1.82) is 0 Å². The zero-order valence-corrected chi connectivity index (χ0v) is 14.6. The fourth-order valence-corrected chi connectivity index (χ4v) is 4.34. The molecule has 3 nitrogen and oxygen atoms in total. The zero-order valence-electron chi connectivity index (χ0n) is 11.4. The maximum absolute atomic E-state index is 4.58. The Hall–Kier alpha value is -0.680. The number of aromatic nitrogens is 2. The number of benzene rings is 1. The molecule has 1 aromatic carbocycles. The van der Waals surface area contributed by atoms with Crippen LogP contribution in [0, 0.1) is 0 Å². The smallest absolute Gasteiger partial charge is 0.140 e. The number of rotatable bonds is 2. The van der Waals surface area contributed by atoms with Crippen molar-refractivity contribution in [3.8, 4) is 0 Å². The van der Waals surface area contributed by atoms with Crippen LogP contribution < -0.4 is 4.90 Å². The van der Waals surface area contributed by atoms with Gasteiger partial charge < -0.3 is 4.90 Å². The lowest BCUT2D eigenvalue weighted by atomic mass is 9.99. The molecule has 1 saturated heterocycles. The van der Waals surface area contributed by atoms with Gasteiger partial charge in [-0.3, -0.25) is 0 Å². The van der Waals surface area contributed by atoms with Crippen LogP contribution in [-0.4, -0.2) is 22.6 Å². The molecule has 0 amide bonds. The highest BCUT2D eigenvalue weighted by Gasteiger charge is 2.24. The Bertz CT molecular complexity index is 630. The Labute approximate surface area is 136 Å². The third-order valence-electron chi connectivity index (χ3n) is 4.01. The average Bonchev–Trinajstić information content (AvgIpc) is 2.46. The Morgan fingerprint density at radius 2 is 2.10 bits per heavy atom. The quantitative estimate of drug-likeness (QED) is 0.718. The van der Waals surface area contributed by atoms with E-state index in [-0.39, 0.29) is 0 Å². The Morgan fingerprint density at radius 3 is 2.90 bits per heavy atom. The van der Waals surface area contributed by atoms with Crippen molar-refractivity contribution in [3.05, 3.63) is 27.4 Å². The van der Waals surface area contributed by atoms with Crippen LogP contribution in [0.1, 0.15) is 32.6 Å². The topological polar surface area (TPSA) is 29.0 Å². The molecule has 0 aliphatic carbocycles. The van der Waals surface area contributed by atoms with Crippen LogP contribution in [0.4, 0.5) is 5.82 Å². The summed E-state index contributed by atoms with van der Waals surface area (Å²) in [6.45, 7) is 3.35. The van der Waals surface area contributed by atoms with Gasteiger partial charge in [0.05, 0.1) is 5.52 Å². The minimum absolute atomic E-state index is 0.597. The Kier molecular flexibility index (Phi) is 4.26. The summed E-state index contributed by atoms with van der Waals surface area (Å²) in [5.41, 5.74) is 0.985. The van der Waals surface area contributed by atoms with Gasteiger partial charge in [-0.15, -0.1) is 0 Å². The summed E-state index contributed by atoms with van der Waals surface area (Å²) in [6.07, 6.45) is 6.68. The average molecular weight is 399 g/mol. The molecule has 106 valence electrons. The second-order valence-corrected chi connectivity index (χ2v) is 7.00. The van der Waals surface area contributed by atoms with Gasteiger partial charge in [0.15, 0.2) is 0 Å². The molecule has 1 unspecified atom stereocenters. The van der Waals surface area contributed by atoms with Crippen LogP contribution in [0.5, 0.6) is 0 Å². The van der Waals surface area contributed by atoms with Gasteiger partial charge in [-0.25, -0.2) is 9.97 Å². The van der Waals surface area contributed by atoms with Gasteiger partial charge >= 0.3 is 0 Å². The summed E-state index contributed by atoms with van der Waals surface area (Å²) in [6, 6.07) is 4.75. The standard InChI is InChI=1S/C15H17Br2N3/c1-2-11-5-3-4-6-20(11)15-12-7-10(16)8-13(17)14(12)18-9-19-15/h7-9,11H,2-6H2,1H3. The highest BCUT2D eigenvalue weighted by atomic mass is 79.9. The van der Waals surface area contributed by atoms with E-state index in [1.165, 1.54) is 25.7 Å². The monoisotopic (exact) mass is 397 g/mol. The van der Waals surface area contributed by atoms with Gasteiger partial charge in [0, 0.05) is 26.9 Å². The molecule has 20 heavy (non-hydrogen) atoms. The molecule has 1 atom stereocenters. The van der Waals surface area contributed by atoms with E-state index in [1.54, 1.807) is 6.33 Å². The zero-order chi connectivity index (χ0) is 14.1. The summed E-state index contributed by atoms with van der Waals surface area (Å²) in [7, 11) is 0.